The molecule has 94 valence electrons. The highest BCUT2D eigenvalue weighted by Crippen LogP contribution is 2.22. The maximum absolute atomic E-state index is 4.46. The van der Waals surface area contributed by atoms with Gasteiger partial charge < -0.3 is 5.32 Å². The van der Waals surface area contributed by atoms with Crippen LogP contribution in [0.2, 0.25) is 0 Å². The molecule has 2 nitrogen and oxygen atoms in total. The van der Waals surface area contributed by atoms with Gasteiger partial charge in [0, 0.05) is 24.2 Å². The third-order valence-electron chi connectivity index (χ3n) is 3.43. The highest BCUT2D eigenvalue weighted by Gasteiger charge is 2.10. The molecule has 3 rings (SSSR count). The van der Waals surface area contributed by atoms with Gasteiger partial charge in [-0.3, -0.25) is 0 Å². The molecule has 1 aromatic carbocycles. The molecule has 2 aromatic rings. The second-order valence-electron chi connectivity index (χ2n) is 4.94. The minimum absolute atomic E-state index is 0.871. The first-order valence-electron chi connectivity index (χ1n) is 6.54. The van der Waals surface area contributed by atoms with Crippen molar-refractivity contribution >= 4 is 11.3 Å². The van der Waals surface area contributed by atoms with E-state index in [1.807, 2.05) is 6.92 Å². The van der Waals surface area contributed by atoms with Gasteiger partial charge in [0.2, 0.25) is 0 Å². The summed E-state index contributed by atoms with van der Waals surface area (Å²) in [5.41, 5.74) is 5.62. The number of nitrogens with one attached hydrogen (secondary N) is 1. The topological polar surface area (TPSA) is 24.9 Å². The Kier molecular flexibility index (Phi) is 3.43. The fraction of sp³-hybridized carbons (Fsp3) is 0.400. The average Bonchev–Trinajstić information content (AvgIpc) is 2.97. The number of nitrogens with zero attached hydrogens (tertiary/aromatic N) is 1. The SMILES string of the molecule is Cc1csc(CNCc2ccc3c(c2)CCC3)n1. The Morgan fingerprint density at radius 2 is 2.11 bits per heavy atom. The fourth-order valence-corrected chi connectivity index (χ4v) is 3.27. The monoisotopic (exact) mass is 258 g/mol. The van der Waals surface area contributed by atoms with Crippen LogP contribution in [0.3, 0.4) is 0 Å². The molecule has 18 heavy (non-hydrogen) atoms. The van der Waals surface area contributed by atoms with Crippen LogP contribution in [0.4, 0.5) is 0 Å². The number of fused-ring (bicyclic) bond motifs is 1. The summed E-state index contributed by atoms with van der Waals surface area (Å²) in [5.74, 6) is 0. The summed E-state index contributed by atoms with van der Waals surface area (Å²) in [6.07, 6.45) is 3.85. The molecule has 0 atom stereocenters. The molecule has 1 aliphatic carbocycles. The smallest absolute Gasteiger partial charge is 0.107 e. The van der Waals surface area contributed by atoms with E-state index < -0.39 is 0 Å². The lowest BCUT2D eigenvalue weighted by Crippen LogP contribution is -2.12. The maximum Gasteiger partial charge on any atom is 0.107 e. The van der Waals surface area contributed by atoms with Crippen molar-refractivity contribution in [2.24, 2.45) is 0 Å². The van der Waals surface area contributed by atoms with E-state index in [4.69, 9.17) is 0 Å². The zero-order chi connectivity index (χ0) is 12.4. The highest BCUT2D eigenvalue weighted by molar-refractivity contribution is 7.09. The van der Waals surface area contributed by atoms with Crippen molar-refractivity contribution < 1.29 is 0 Å². The number of rotatable bonds is 4. The predicted octanol–water partition coefficient (Wildman–Crippen LogP) is 3.23. The zero-order valence-corrected chi connectivity index (χ0v) is 11.5. The molecular weight excluding hydrogens is 240 g/mol. The van der Waals surface area contributed by atoms with Crippen molar-refractivity contribution in [3.05, 3.63) is 51.0 Å². The first-order valence-corrected chi connectivity index (χ1v) is 7.41. The largest absolute Gasteiger partial charge is 0.306 e. The zero-order valence-electron chi connectivity index (χ0n) is 10.7. The van der Waals surface area contributed by atoms with Crippen molar-refractivity contribution in [3.8, 4) is 0 Å². The normalized spacial score (nSPS) is 13.8. The van der Waals surface area contributed by atoms with E-state index in [0.29, 0.717) is 0 Å². The summed E-state index contributed by atoms with van der Waals surface area (Å²) in [7, 11) is 0. The number of thiazole rings is 1. The number of benzene rings is 1. The van der Waals surface area contributed by atoms with Gasteiger partial charge in [-0.25, -0.2) is 4.98 Å². The predicted molar refractivity (Wildman–Crippen MR) is 75.9 cm³/mol. The summed E-state index contributed by atoms with van der Waals surface area (Å²) < 4.78 is 0. The Balaban J connectivity index is 1.57. The van der Waals surface area contributed by atoms with Crippen LogP contribution in [0.25, 0.3) is 0 Å². The molecule has 0 saturated carbocycles. The second kappa shape index (κ2) is 5.21. The minimum atomic E-state index is 0.871. The van der Waals surface area contributed by atoms with E-state index >= 15 is 0 Å². The van der Waals surface area contributed by atoms with E-state index in [-0.39, 0.29) is 0 Å². The molecule has 0 radical (unpaired) electrons. The molecule has 0 aliphatic heterocycles. The molecular formula is C15H18N2S. The van der Waals surface area contributed by atoms with Gasteiger partial charge in [-0.2, -0.15) is 0 Å². The fourth-order valence-electron chi connectivity index (χ4n) is 2.53. The van der Waals surface area contributed by atoms with Crippen molar-refractivity contribution in [3.63, 3.8) is 0 Å². The summed E-state index contributed by atoms with van der Waals surface area (Å²) in [6.45, 7) is 3.85. The molecule has 1 aromatic heterocycles. The van der Waals surface area contributed by atoms with Crippen molar-refractivity contribution in [1.82, 2.24) is 10.3 Å². The molecule has 0 fully saturated rings. The first-order chi connectivity index (χ1) is 8.81. The van der Waals surface area contributed by atoms with E-state index in [9.17, 15) is 0 Å². The summed E-state index contributed by atoms with van der Waals surface area (Å²) in [5, 5.41) is 6.75. The van der Waals surface area contributed by atoms with Crippen LogP contribution in [0.5, 0.6) is 0 Å². The van der Waals surface area contributed by atoms with Crippen LogP contribution in [-0.2, 0) is 25.9 Å². The number of aryl methyl sites for hydroxylation is 3. The van der Waals surface area contributed by atoms with Crippen LogP contribution in [-0.4, -0.2) is 4.98 Å². The Morgan fingerprint density at radius 1 is 1.22 bits per heavy atom. The Morgan fingerprint density at radius 3 is 2.94 bits per heavy atom. The Bertz CT molecular complexity index is 545. The van der Waals surface area contributed by atoms with Gasteiger partial charge in [0.25, 0.3) is 0 Å². The van der Waals surface area contributed by atoms with Gasteiger partial charge in [0.1, 0.15) is 5.01 Å². The minimum Gasteiger partial charge on any atom is -0.306 e. The van der Waals surface area contributed by atoms with Gasteiger partial charge in [0.15, 0.2) is 0 Å². The van der Waals surface area contributed by atoms with Crippen LogP contribution < -0.4 is 5.32 Å². The number of hydrogen-bond acceptors (Lipinski definition) is 3. The van der Waals surface area contributed by atoms with E-state index in [2.05, 4.69) is 33.9 Å². The molecule has 3 heteroatoms. The van der Waals surface area contributed by atoms with Gasteiger partial charge in [-0.05, 0) is 42.9 Å². The molecule has 1 aliphatic rings. The van der Waals surface area contributed by atoms with Gasteiger partial charge in [-0.1, -0.05) is 18.2 Å². The van der Waals surface area contributed by atoms with E-state index in [0.717, 1.165) is 18.8 Å². The van der Waals surface area contributed by atoms with Crippen molar-refractivity contribution in [2.45, 2.75) is 39.3 Å². The van der Waals surface area contributed by atoms with Gasteiger partial charge in [0.05, 0.1) is 0 Å². The van der Waals surface area contributed by atoms with E-state index in [1.165, 1.54) is 29.8 Å². The molecule has 0 saturated heterocycles. The molecule has 0 bridgehead atoms. The van der Waals surface area contributed by atoms with Crippen molar-refractivity contribution in [2.75, 3.05) is 0 Å². The summed E-state index contributed by atoms with van der Waals surface area (Å²) in [4.78, 5) is 4.46. The maximum atomic E-state index is 4.46. The number of aromatic nitrogens is 1. The lowest BCUT2D eigenvalue weighted by atomic mass is 10.1. The third kappa shape index (κ3) is 2.62. The van der Waals surface area contributed by atoms with Crippen LogP contribution in [0, 0.1) is 6.92 Å². The number of hydrogen-bond donors (Lipinski definition) is 1. The Hall–Kier alpha value is -1.19. The molecule has 0 amide bonds. The molecule has 0 unspecified atom stereocenters. The van der Waals surface area contributed by atoms with Crippen molar-refractivity contribution in [1.29, 1.82) is 0 Å². The lowest BCUT2D eigenvalue weighted by Gasteiger charge is -2.06. The molecule has 1 heterocycles. The second-order valence-corrected chi connectivity index (χ2v) is 5.89. The van der Waals surface area contributed by atoms with Gasteiger partial charge >= 0.3 is 0 Å². The third-order valence-corrected chi connectivity index (χ3v) is 4.40. The molecule has 0 spiro atoms. The van der Waals surface area contributed by atoms with E-state index in [1.54, 1.807) is 22.5 Å². The highest BCUT2D eigenvalue weighted by atomic mass is 32.1. The van der Waals surface area contributed by atoms with Gasteiger partial charge in [-0.15, -0.1) is 11.3 Å². The van der Waals surface area contributed by atoms with Crippen LogP contribution >= 0.6 is 11.3 Å². The average molecular weight is 258 g/mol. The lowest BCUT2D eigenvalue weighted by molar-refractivity contribution is 0.688. The van der Waals surface area contributed by atoms with Crippen LogP contribution in [0.1, 0.15) is 33.8 Å². The quantitative estimate of drug-likeness (QED) is 0.910. The summed E-state index contributed by atoms with van der Waals surface area (Å²) in [6, 6.07) is 6.92. The first kappa shape index (κ1) is 11.9. The standard InChI is InChI=1S/C15H18N2S/c1-11-10-18-15(17-11)9-16-8-12-5-6-13-3-2-4-14(13)7-12/h5-7,10,16H,2-4,8-9H2,1H3. The Labute approximate surface area is 112 Å². The van der Waals surface area contributed by atoms with Crippen LogP contribution in [0.15, 0.2) is 23.6 Å². The molecule has 1 N–H and O–H groups in total. The summed E-state index contributed by atoms with van der Waals surface area (Å²) >= 11 is 1.73.